The maximum Gasteiger partial charge on any atom is 0.293 e. The average molecular weight is 408 g/mol. The third kappa shape index (κ3) is 3.71. The number of nitro groups is 1. The molecule has 8 nitrogen and oxygen atoms in total. The van der Waals surface area contributed by atoms with Crippen LogP contribution in [0.3, 0.4) is 0 Å². The lowest BCUT2D eigenvalue weighted by Gasteiger charge is -2.36. The summed E-state index contributed by atoms with van der Waals surface area (Å²) in [5.74, 6) is 1.77. The number of aromatic nitrogens is 2. The number of nitrogens with two attached hydrogens (primary N) is 1. The minimum Gasteiger partial charge on any atom is -0.365 e. The van der Waals surface area contributed by atoms with Crippen molar-refractivity contribution in [2.75, 3.05) is 18.0 Å². The summed E-state index contributed by atoms with van der Waals surface area (Å²) in [5, 5.41) is 15.7. The Morgan fingerprint density at radius 1 is 1.29 bits per heavy atom. The van der Waals surface area contributed by atoms with Gasteiger partial charge in [0.15, 0.2) is 5.82 Å². The molecule has 2 N–H and O–H groups in total. The highest BCUT2D eigenvalue weighted by Gasteiger charge is 2.39. The number of rotatable bonds is 4. The van der Waals surface area contributed by atoms with Crippen LogP contribution in [0.4, 0.5) is 11.4 Å². The molecule has 0 amide bonds. The Morgan fingerprint density at radius 3 is 2.54 bits per heavy atom. The van der Waals surface area contributed by atoms with Crippen LogP contribution in [0, 0.1) is 22.0 Å². The molecule has 9 heteroatoms. The third-order valence-corrected chi connectivity index (χ3v) is 5.75. The van der Waals surface area contributed by atoms with Crippen LogP contribution < -0.4 is 10.6 Å². The first-order valence-corrected chi connectivity index (χ1v) is 9.52. The van der Waals surface area contributed by atoms with Crippen molar-refractivity contribution in [1.82, 2.24) is 10.1 Å². The number of hydrogen-bond acceptors (Lipinski definition) is 7. The first-order chi connectivity index (χ1) is 12.9. The Hall–Kier alpha value is -2.19. The van der Waals surface area contributed by atoms with Gasteiger partial charge in [-0.15, -0.1) is 12.4 Å². The quantitative estimate of drug-likeness (QED) is 0.604. The summed E-state index contributed by atoms with van der Waals surface area (Å²) in [6.07, 6.45) is 3.86. The molecule has 1 aromatic heterocycles. The first-order valence-electron chi connectivity index (χ1n) is 9.52. The Labute approximate surface area is 170 Å². The van der Waals surface area contributed by atoms with Crippen LogP contribution in [0.2, 0.25) is 0 Å². The maximum absolute atomic E-state index is 11.7. The molecule has 2 atom stereocenters. The minimum absolute atomic E-state index is 0. The summed E-state index contributed by atoms with van der Waals surface area (Å²) >= 11 is 0. The highest BCUT2D eigenvalue weighted by Crippen LogP contribution is 2.39. The van der Waals surface area contributed by atoms with E-state index in [9.17, 15) is 10.1 Å². The lowest BCUT2D eigenvalue weighted by Crippen LogP contribution is -2.44. The van der Waals surface area contributed by atoms with Gasteiger partial charge in [-0.25, -0.2) is 0 Å². The average Bonchev–Trinajstić information content (AvgIpc) is 3.08. The van der Waals surface area contributed by atoms with Crippen LogP contribution >= 0.6 is 12.4 Å². The van der Waals surface area contributed by atoms with E-state index in [2.05, 4.69) is 28.9 Å². The van der Waals surface area contributed by atoms with E-state index < -0.39 is 5.54 Å². The monoisotopic (exact) mass is 407 g/mol. The van der Waals surface area contributed by atoms with Gasteiger partial charge in [0.25, 0.3) is 11.6 Å². The molecule has 4 rings (SSSR count). The van der Waals surface area contributed by atoms with Gasteiger partial charge in [0.1, 0.15) is 5.69 Å². The van der Waals surface area contributed by atoms with Gasteiger partial charge < -0.3 is 15.2 Å². The van der Waals surface area contributed by atoms with E-state index in [1.807, 2.05) is 6.07 Å². The number of piperidine rings is 1. The standard InChI is InChI=1S/C19H25N5O3.ClH/c1-12-8-13(2)11-23(10-12)15-5-4-14(9-16(15)24(25)26)17-21-18(22-27-17)19(20)6-3-7-19;/h4-5,9,12-13H,3,6-8,10-11,20H2,1-2H3;1H. The molecule has 2 heterocycles. The number of nitrogens with zero attached hydrogens (tertiary/aromatic N) is 4. The van der Waals surface area contributed by atoms with Gasteiger partial charge >= 0.3 is 0 Å². The number of anilines is 1. The molecule has 1 aromatic carbocycles. The van der Waals surface area contributed by atoms with Crippen molar-refractivity contribution in [3.8, 4) is 11.5 Å². The predicted molar refractivity (Wildman–Crippen MR) is 109 cm³/mol. The van der Waals surface area contributed by atoms with E-state index in [0.29, 0.717) is 28.9 Å². The van der Waals surface area contributed by atoms with Crippen LogP contribution in [0.25, 0.3) is 11.5 Å². The molecule has 152 valence electrons. The lowest BCUT2D eigenvalue weighted by molar-refractivity contribution is -0.384. The van der Waals surface area contributed by atoms with Gasteiger partial charge in [0.2, 0.25) is 0 Å². The molecule has 2 aromatic rings. The van der Waals surface area contributed by atoms with Gasteiger partial charge in [0, 0.05) is 24.7 Å². The largest absolute Gasteiger partial charge is 0.365 e. The number of hydrogen-bond donors (Lipinski definition) is 1. The van der Waals surface area contributed by atoms with Crippen molar-refractivity contribution in [2.24, 2.45) is 17.6 Å². The molecule has 1 aliphatic heterocycles. The highest BCUT2D eigenvalue weighted by molar-refractivity contribution is 5.85. The SMILES string of the molecule is CC1CC(C)CN(c2ccc(-c3nc(C4(N)CCC4)no3)cc2[N+](=O)[O-])C1.Cl. The van der Waals surface area contributed by atoms with E-state index in [0.717, 1.165) is 38.8 Å². The molecular formula is C19H26ClN5O3. The Kier molecular flexibility index (Phi) is 5.63. The third-order valence-electron chi connectivity index (χ3n) is 5.75. The number of nitro benzene ring substituents is 1. The van der Waals surface area contributed by atoms with Gasteiger partial charge in [-0.2, -0.15) is 4.98 Å². The highest BCUT2D eigenvalue weighted by atomic mass is 35.5. The number of halogens is 1. The summed E-state index contributed by atoms with van der Waals surface area (Å²) in [5.41, 5.74) is 6.99. The zero-order chi connectivity index (χ0) is 19.2. The van der Waals surface area contributed by atoms with Gasteiger partial charge in [-0.05, 0) is 49.7 Å². The van der Waals surface area contributed by atoms with Gasteiger partial charge in [0.05, 0.1) is 10.5 Å². The smallest absolute Gasteiger partial charge is 0.293 e. The summed E-state index contributed by atoms with van der Waals surface area (Å²) in [6, 6.07) is 5.14. The molecule has 1 saturated carbocycles. The molecule has 0 radical (unpaired) electrons. The molecule has 1 aliphatic carbocycles. The Balaban J connectivity index is 0.00000225. The first kappa shape index (κ1) is 20.5. The normalized spacial score (nSPS) is 23.6. The summed E-state index contributed by atoms with van der Waals surface area (Å²) < 4.78 is 5.35. The predicted octanol–water partition coefficient (Wildman–Crippen LogP) is 3.89. The van der Waals surface area contributed by atoms with Gasteiger partial charge in [-0.3, -0.25) is 10.1 Å². The van der Waals surface area contributed by atoms with Crippen LogP contribution in [-0.4, -0.2) is 28.2 Å². The second-order valence-corrected chi connectivity index (χ2v) is 8.24. The van der Waals surface area contributed by atoms with E-state index in [1.54, 1.807) is 6.07 Å². The fourth-order valence-electron chi connectivity index (χ4n) is 4.25. The van der Waals surface area contributed by atoms with E-state index in [4.69, 9.17) is 10.3 Å². The summed E-state index contributed by atoms with van der Waals surface area (Å²) in [6.45, 7) is 6.02. The van der Waals surface area contributed by atoms with Crippen molar-refractivity contribution < 1.29 is 9.45 Å². The molecule has 0 spiro atoms. The second-order valence-electron chi connectivity index (χ2n) is 8.24. The molecule has 28 heavy (non-hydrogen) atoms. The van der Waals surface area contributed by atoms with E-state index in [-0.39, 0.29) is 28.9 Å². The summed E-state index contributed by atoms with van der Waals surface area (Å²) in [4.78, 5) is 17.9. The van der Waals surface area contributed by atoms with Crippen LogP contribution in [0.15, 0.2) is 22.7 Å². The fraction of sp³-hybridized carbons (Fsp3) is 0.579. The minimum atomic E-state index is -0.520. The molecule has 2 unspecified atom stereocenters. The fourth-order valence-corrected chi connectivity index (χ4v) is 4.25. The lowest BCUT2D eigenvalue weighted by atomic mass is 9.77. The number of benzene rings is 1. The second kappa shape index (κ2) is 7.67. The van der Waals surface area contributed by atoms with Crippen molar-refractivity contribution >= 4 is 23.8 Å². The zero-order valence-corrected chi connectivity index (χ0v) is 16.9. The van der Waals surface area contributed by atoms with Crippen LogP contribution in [0.1, 0.15) is 45.4 Å². The van der Waals surface area contributed by atoms with Crippen LogP contribution in [-0.2, 0) is 5.54 Å². The zero-order valence-electron chi connectivity index (χ0n) is 16.1. The summed E-state index contributed by atoms with van der Waals surface area (Å²) in [7, 11) is 0. The maximum atomic E-state index is 11.7. The Bertz CT molecular complexity index is 857. The van der Waals surface area contributed by atoms with Crippen molar-refractivity contribution in [3.63, 3.8) is 0 Å². The van der Waals surface area contributed by atoms with Crippen LogP contribution in [0.5, 0.6) is 0 Å². The molecule has 0 bridgehead atoms. The Morgan fingerprint density at radius 2 is 1.96 bits per heavy atom. The van der Waals surface area contributed by atoms with Gasteiger partial charge in [-0.1, -0.05) is 19.0 Å². The molecule has 2 fully saturated rings. The van der Waals surface area contributed by atoms with Crippen molar-refractivity contribution in [2.45, 2.75) is 45.1 Å². The molecular weight excluding hydrogens is 382 g/mol. The topological polar surface area (TPSA) is 111 Å². The molecule has 2 aliphatic rings. The van der Waals surface area contributed by atoms with E-state index >= 15 is 0 Å². The molecule has 1 saturated heterocycles. The van der Waals surface area contributed by atoms with E-state index in [1.165, 1.54) is 6.07 Å². The van der Waals surface area contributed by atoms with Crippen molar-refractivity contribution in [1.29, 1.82) is 0 Å². The van der Waals surface area contributed by atoms with Crippen molar-refractivity contribution in [3.05, 3.63) is 34.1 Å².